The van der Waals surface area contributed by atoms with E-state index in [9.17, 15) is 0 Å². The summed E-state index contributed by atoms with van der Waals surface area (Å²) in [5.41, 5.74) is 0. The number of rotatable bonds is 7. The van der Waals surface area contributed by atoms with Crippen LogP contribution in [-0.4, -0.2) is 0 Å². The molecule has 0 nitrogen and oxygen atoms in total. The Morgan fingerprint density at radius 3 is 1.06 bits per heavy atom. The predicted molar refractivity (Wildman–Crippen MR) is 143 cm³/mol. The highest BCUT2D eigenvalue weighted by Gasteiger charge is 2.32. The molecule has 0 saturated heterocycles. The van der Waals surface area contributed by atoms with Crippen LogP contribution < -0.4 is 0 Å². The van der Waals surface area contributed by atoms with Crippen molar-refractivity contribution in [3.05, 3.63) is 0 Å². The molecule has 0 N–H and O–H groups in total. The van der Waals surface area contributed by atoms with Crippen molar-refractivity contribution >= 4 is 137 Å². The van der Waals surface area contributed by atoms with Crippen molar-refractivity contribution in [2.24, 2.45) is 0 Å². The highest BCUT2D eigenvalue weighted by molar-refractivity contribution is 9.31. The summed E-state index contributed by atoms with van der Waals surface area (Å²) in [7, 11) is 29.4. The summed E-state index contributed by atoms with van der Waals surface area (Å²) >= 11 is 0. The predicted octanol–water partition coefficient (Wildman–Crippen LogP) is 9.82. The Balaban J connectivity index is 5.16. The van der Waals surface area contributed by atoms with E-state index >= 15 is 0 Å². The van der Waals surface area contributed by atoms with Gasteiger partial charge in [-0.1, -0.05) is 6.99 Å². The highest BCUT2D eigenvalue weighted by Crippen LogP contribution is 3.25. The Morgan fingerprint density at radius 2 is 0.882 bits per heavy atom. The van der Waals surface area contributed by atoms with Crippen molar-refractivity contribution in [3.63, 3.8) is 0 Å². The molecule has 0 aromatic heterocycles. The molecule has 0 bridgehead atoms. The SMILES string of the molecule is P[P-]P(P(P)P)P(P(P)P)P(P(P)P)P(P)P. The molecule has 11 atom stereocenters. The Labute approximate surface area is 136 Å². The van der Waals surface area contributed by atoms with E-state index in [1.165, 1.54) is 0 Å². The molecule has 0 rings (SSSR count). The van der Waals surface area contributed by atoms with Gasteiger partial charge in [0.15, 0.2) is 0 Å². The molecule has 0 aromatic carbocycles. The van der Waals surface area contributed by atoms with Gasteiger partial charge < -0.3 is 7.96 Å². The highest BCUT2D eigenvalue weighted by atomic mass is 33.4. The third kappa shape index (κ3) is 9.54. The first kappa shape index (κ1) is 24.3. The molecule has 11 unspecified atom stereocenters. The van der Waals surface area contributed by atoms with Crippen LogP contribution in [0.1, 0.15) is 0 Å². The first-order valence-corrected chi connectivity index (χ1v) is 33.5. The molecule has 0 aromatic rings. The molecule has 17 heteroatoms. The Hall–Kier alpha value is 7.31. The minimum Gasteiger partial charge on any atom is -0.471 e. The smallest absolute Gasteiger partial charge is 0.00782 e. The first-order chi connectivity index (χ1) is 7.73. The van der Waals surface area contributed by atoms with Crippen LogP contribution in [0.5, 0.6) is 0 Å². The fourth-order valence-electron chi connectivity index (χ4n) is 0.759. The van der Waals surface area contributed by atoms with Crippen LogP contribution in [-0.2, 0) is 0 Å². The number of hydrogen-bond acceptors (Lipinski definition) is 0. The second-order valence-electron chi connectivity index (χ2n) is 2.44. The van der Waals surface area contributed by atoms with Crippen LogP contribution in [0.2, 0.25) is 0 Å². The Morgan fingerprint density at radius 1 is 0.529 bits per heavy atom. The second-order valence-corrected chi connectivity index (χ2v) is 65.9. The van der Waals surface area contributed by atoms with E-state index in [2.05, 4.69) is 80.4 Å². The van der Waals surface area contributed by atoms with E-state index in [0.29, 0.717) is 0 Å². The normalized spacial score (nSPS) is 17.3. The molecule has 0 fully saturated rings. The van der Waals surface area contributed by atoms with Gasteiger partial charge in [0.05, 0.1) is 0 Å². The lowest BCUT2D eigenvalue weighted by Crippen LogP contribution is -1.52. The minimum absolute atomic E-state index is 0.0583. The van der Waals surface area contributed by atoms with Crippen molar-refractivity contribution < 1.29 is 0 Å². The molecule has 0 spiro atoms. The molecule has 0 aliphatic heterocycles. The van der Waals surface area contributed by atoms with Crippen molar-refractivity contribution in [1.82, 2.24) is 0 Å². The van der Waals surface area contributed by atoms with Crippen LogP contribution in [0.4, 0.5) is 0 Å². The molecule has 17 heavy (non-hydrogen) atoms. The van der Waals surface area contributed by atoms with Crippen molar-refractivity contribution in [1.29, 1.82) is 0 Å². The molecular weight excluding hydrogens is 527 g/mol. The third-order valence-corrected chi connectivity index (χ3v) is 101. The zero-order valence-corrected chi connectivity index (χ0v) is 26.3. The lowest BCUT2D eigenvalue weighted by molar-refractivity contribution is 4.54. The van der Waals surface area contributed by atoms with E-state index < -0.39 is 0 Å². The zero-order chi connectivity index (χ0) is 13.7. The van der Waals surface area contributed by atoms with Gasteiger partial charge >= 0.3 is 0 Å². The minimum atomic E-state index is 0.0583. The van der Waals surface area contributed by atoms with Crippen LogP contribution in [0.3, 0.4) is 0 Å². The summed E-state index contributed by atoms with van der Waals surface area (Å²) in [5.74, 6) is 0. The van der Waals surface area contributed by atoms with E-state index in [0.717, 1.165) is 0 Å². The Kier molecular flexibility index (Phi) is 19.3. The maximum absolute atomic E-state index is 3.13. The van der Waals surface area contributed by atoms with E-state index in [-0.39, 0.29) is 48.9 Å². The average Bonchev–Trinajstić information content (AvgIpc) is 2.15. The second kappa shape index (κ2) is 13.5. The maximum atomic E-state index is 3.13. The van der Waals surface area contributed by atoms with Crippen molar-refractivity contribution in [2.75, 3.05) is 0 Å². The van der Waals surface area contributed by atoms with Gasteiger partial charge in [0, 0.05) is 0 Å². The van der Waals surface area contributed by atoms with E-state index in [1.54, 1.807) is 7.96 Å². The molecule has 0 aliphatic carbocycles. The largest absolute Gasteiger partial charge is 0.471 e. The molecule has 0 aliphatic rings. The number of hydrogen-bond donors (Lipinski definition) is 0. The standard InChI is InChI=1S/H18P17/c1-10-15(11(2)3)17(14(8)9)16(12(4)5)13(6)7/h1-9H2/q-1. The fraction of sp³-hybridized carbons (Fsp3) is 0. The van der Waals surface area contributed by atoms with Gasteiger partial charge in [-0.2, -0.15) is 6.99 Å². The summed E-state index contributed by atoms with van der Waals surface area (Å²) in [6, 6.07) is 0. The summed E-state index contributed by atoms with van der Waals surface area (Å²) in [5, 5.41) is 0. The average molecular weight is 545 g/mol. The van der Waals surface area contributed by atoms with E-state index in [4.69, 9.17) is 0 Å². The van der Waals surface area contributed by atoms with E-state index in [1.807, 2.05) is 0 Å². The first-order valence-electron chi connectivity index (χ1n) is 3.72. The molecule has 0 amide bonds. The topological polar surface area (TPSA) is 0 Å². The van der Waals surface area contributed by atoms with Crippen LogP contribution >= 0.6 is 137 Å². The summed E-state index contributed by atoms with van der Waals surface area (Å²) < 4.78 is 0. The molecule has 0 saturated carbocycles. The lowest BCUT2D eigenvalue weighted by Gasteiger charge is -2.48. The van der Waals surface area contributed by atoms with Crippen LogP contribution in [0.25, 0.3) is 0 Å². The van der Waals surface area contributed by atoms with Gasteiger partial charge in [-0.15, -0.1) is 71.4 Å². The molecule has 0 heterocycles. The zero-order valence-electron chi connectivity index (χ0n) is 8.77. The lowest BCUT2D eigenvalue weighted by atomic mass is 28.6. The third-order valence-electron chi connectivity index (χ3n) is 1.25. The summed E-state index contributed by atoms with van der Waals surface area (Å²) in [4.78, 5) is 0. The van der Waals surface area contributed by atoms with Gasteiger partial charge in [-0.05, 0) is 34.9 Å². The van der Waals surface area contributed by atoms with Gasteiger partial charge in [0.1, 0.15) is 0 Å². The van der Waals surface area contributed by atoms with Crippen molar-refractivity contribution in [2.45, 2.75) is 0 Å². The fourth-order valence-corrected chi connectivity index (χ4v) is 184. The van der Waals surface area contributed by atoms with Gasteiger partial charge in [0.2, 0.25) is 0 Å². The maximum Gasteiger partial charge on any atom is -0.00782 e. The van der Waals surface area contributed by atoms with Crippen LogP contribution in [0, 0.1) is 0 Å². The quantitative estimate of drug-likeness (QED) is 0.280. The Bertz CT molecular complexity index is 180. The van der Waals surface area contributed by atoms with Gasteiger partial charge in [-0.3, -0.25) is 8.93 Å². The van der Waals surface area contributed by atoms with Gasteiger partial charge in [0.25, 0.3) is 0 Å². The summed E-state index contributed by atoms with van der Waals surface area (Å²) in [6.45, 7) is 0.761. The molecule has 0 radical (unpaired) electrons. The molecular formula is H18P17-. The monoisotopic (exact) mass is 545 g/mol. The van der Waals surface area contributed by atoms with Crippen LogP contribution in [0.15, 0.2) is 0 Å². The summed E-state index contributed by atoms with van der Waals surface area (Å²) in [6.07, 6.45) is 0. The van der Waals surface area contributed by atoms with Crippen molar-refractivity contribution in [3.8, 4) is 0 Å². The van der Waals surface area contributed by atoms with Gasteiger partial charge in [-0.25, -0.2) is 0 Å². The molecule has 104 valence electrons.